The van der Waals surface area contributed by atoms with Crippen molar-refractivity contribution in [3.05, 3.63) is 0 Å². The largest absolute Gasteiger partial charge is 0.306 e. The van der Waals surface area contributed by atoms with Gasteiger partial charge in [-0.1, -0.05) is 6.92 Å². The summed E-state index contributed by atoms with van der Waals surface area (Å²) in [4.78, 5) is 2.47. The molecular weight excluding hydrogens is 182 g/mol. The second-order valence-corrected chi connectivity index (χ2v) is 4.96. The molecule has 0 aliphatic heterocycles. The molecule has 0 N–H and O–H groups in total. The van der Waals surface area contributed by atoms with Gasteiger partial charge >= 0.3 is 0 Å². The minimum atomic E-state index is 0.791. The zero-order valence-electron chi connectivity index (χ0n) is 8.93. The summed E-state index contributed by atoms with van der Waals surface area (Å²) in [6.07, 6.45) is 5.39. The quantitative estimate of drug-likeness (QED) is 0.575. The van der Waals surface area contributed by atoms with Gasteiger partial charge in [0.15, 0.2) is 0 Å². The van der Waals surface area contributed by atoms with E-state index < -0.39 is 0 Å². The van der Waals surface area contributed by atoms with E-state index in [1.807, 2.05) is 0 Å². The molecule has 1 aliphatic rings. The van der Waals surface area contributed by atoms with Crippen LogP contribution < -0.4 is 0 Å². The predicted molar refractivity (Wildman–Crippen MR) is 59.3 cm³/mol. The van der Waals surface area contributed by atoms with Crippen LogP contribution in [-0.4, -0.2) is 30.9 Å². The van der Waals surface area contributed by atoms with Crippen LogP contribution in [0.2, 0.25) is 0 Å². The van der Waals surface area contributed by atoms with Crippen molar-refractivity contribution in [2.45, 2.75) is 32.6 Å². The average Bonchev–Trinajstić information content (AvgIpc) is 2.85. The molecule has 1 aliphatic carbocycles. The van der Waals surface area contributed by atoms with Gasteiger partial charge in [-0.05, 0) is 51.1 Å². The molecule has 0 spiro atoms. The van der Waals surface area contributed by atoms with E-state index in [1.54, 1.807) is 0 Å². The molecule has 1 rings (SSSR count). The lowest BCUT2D eigenvalue weighted by molar-refractivity contribution is 0.293. The first-order chi connectivity index (χ1) is 6.22. The van der Waals surface area contributed by atoms with Gasteiger partial charge in [-0.3, -0.25) is 0 Å². The van der Waals surface area contributed by atoms with Crippen molar-refractivity contribution in [2.75, 3.05) is 26.0 Å². The van der Waals surface area contributed by atoms with Crippen LogP contribution >= 0.6 is 11.6 Å². The van der Waals surface area contributed by atoms with E-state index in [0.717, 1.165) is 17.7 Å². The lowest BCUT2D eigenvalue weighted by Crippen LogP contribution is -2.23. The Morgan fingerprint density at radius 2 is 2.08 bits per heavy atom. The molecule has 0 radical (unpaired) electrons. The van der Waals surface area contributed by atoms with Gasteiger partial charge in [0.25, 0.3) is 0 Å². The van der Waals surface area contributed by atoms with Crippen LogP contribution in [0.1, 0.15) is 32.6 Å². The number of rotatable bonds is 7. The molecule has 0 aromatic rings. The molecule has 0 aromatic carbocycles. The van der Waals surface area contributed by atoms with Crippen molar-refractivity contribution in [3.63, 3.8) is 0 Å². The highest BCUT2D eigenvalue weighted by Crippen LogP contribution is 2.29. The van der Waals surface area contributed by atoms with E-state index in [4.69, 9.17) is 11.6 Å². The normalized spacial score (nSPS) is 19.4. The van der Waals surface area contributed by atoms with Crippen LogP contribution in [0.5, 0.6) is 0 Å². The fourth-order valence-electron chi connectivity index (χ4n) is 1.60. The Morgan fingerprint density at radius 3 is 2.62 bits per heavy atom. The van der Waals surface area contributed by atoms with Gasteiger partial charge < -0.3 is 4.90 Å². The summed E-state index contributed by atoms with van der Waals surface area (Å²) in [5.74, 6) is 2.63. The smallest absolute Gasteiger partial charge is 0.0225 e. The zero-order valence-corrected chi connectivity index (χ0v) is 9.69. The van der Waals surface area contributed by atoms with Gasteiger partial charge in [-0.2, -0.15) is 0 Å². The predicted octanol–water partition coefficient (Wildman–Crippen LogP) is 2.98. The summed E-state index contributed by atoms with van der Waals surface area (Å²) < 4.78 is 0. The standard InChI is InChI=1S/C11H22ClN/c1-10(5-7-12)6-8-13(2)9-11-3-4-11/h10-11H,3-9H2,1-2H3. The van der Waals surface area contributed by atoms with E-state index >= 15 is 0 Å². The summed E-state index contributed by atoms with van der Waals surface area (Å²) in [5, 5.41) is 0. The van der Waals surface area contributed by atoms with Crippen LogP contribution in [0.3, 0.4) is 0 Å². The molecule has 1 unspecified atom stereocenters. The fraction of sp³-hybridized carbons (Fsp3) is 1.00. The number of nitrogens with zero attached hydrogens (tertiary/aromatic N) is 1. The Hall–Kier alpha value is 0.250. The maximum Gasteiger partial charge on any atom is 0.0225 e. The van der Waals surface area contributed by atoms with Gasteiger partial charge in [0.2, 0.25) is 0 Å². The molecule has 1 nitrogen and oxygen atoms in total. The van der Waals surface area contributed by atoms with Gasteiger partial charge in [0.1, 0.15) is 0 Å². The first kappa shape index (κ1) is 11.3. The van der Waals surface area contributed by atoms with Crippen molar-refractivity contribution in [3.8, 4) is 0 Å². The van der Waals surface area contributed by atoms with Gasteiger partial charge in [-0.15, -0.1) is 11.6 Å². The molecule has 1 fully saturated rings. The lowest BCUT2D eigenvalue weighted by atomic mass is 10.1. The molecule has 1 saturated carbocycles. The summed E-state index contributed by atoms with van der Waals surface area (Å²) in [5.41, 5.74) is 0. The van der Waals surface area contributed by atoms with Crippen molar-refractivity contribution < 1.29 is 0 Å². The number of halogens is 1. The molecule has 0 saturated heterocycles. The third kappa shape index (κ3) is 5.53. The highest BCUT2D eigenvalue weighted by Gasteiger charge is 2.22. The maximum atomic E-state index is 5.69. The van der Waals surface area contributed by atoms with E-state index in [9.17, 15) is 0 Å². The molecule has 0 amide bonds. The van der Waals surface area contributed by atoms with Crippen LogP contribution in [0.4, 0.5) is 0 Å². The molecule has 78 valence electrons. The molecule has 0 aromatic heterocycles. The van der Waals surface area contributed by atoms with E-state index in [0.29, 0.717) is 0 Å². The lowest BCUT2D eigenvalue weighted by Gasteiger charge is -2.18. The Bertz CT molecular complexity index is 134. The number of hydrogen-bond donors (Lipinski definition) is 0. The third-order valence-electron chi connectivity index (χ3n) is 2.87. The SMILES string of the molecule is CC(CCCl)CCN(C)CC1CC1. The summed E-state index contributed by atoms with van der Waals surface area (Å²) in [6, 6.07) is 0. The summed E-state index contributed by atoms with van der Waals surface area (Å²) >= 11 is 5.69. The van der Waals surface area contributed by atoms with Gasteiger partial charge in [-0.25, -0.2) is 0 Å². The van der Waals surface area contributed by atoms with Crippen molar-refractivity contribution in [2.24, 2.45) is 11.8 Å². The van der Waals surface area contributed by atoms with Crippen molar-refractivity contribution in [1.82, 2.24) is 4.90 Å². The third-order valence-corrected chi connectivity index (χ3v) is 3.09. The first-order valence-electron chi connectivity index (χ1n) is 5.47. The topological polar surface area (TPSA) is 3.24 Å². The van der Waals surface area contributed by atoms with Crippen molar-refractivity contribution >= 4 is 11.6 Å². The Labute approximate surface area is 87.4 Å². The second-order valence-electron chi connectivity index (χ2n) is 4.58. The second kappa shape index (κ2) is 5.87. The maximum absolute atomic E-state index is 5.69. The Balaban J connectivity index is 1.96. The van der Waals surface area contributed by atoms with Gasteiger partial charge in [0, 0.05) is 12.4 Å². The number of hydrogen-bond acceptors (Lipinski definition) is 1. The molecule has 2 heteroatoms. The molecule has 13 heavy (non-hydrogen) atoms. The first-order valence-corrected chi connectivity index (χ1v) is 6.00. The fourth-order valence-corrected chi connectivity index (χ4v) is 1.98. The monoisotopic (exact) mass is 203 g/mol. The minimum Gasteiger partial charge on any atom is -0.306 e. The average molecular weight is 204 g/mol. The van der Waals surface area contributed by atoms with Crippen LogP contribution in [0.15, 0.2) is 0 Å². The Morgan fingerprint density at radius 1 is 1.38 bits per heavy atom. The molecule has 0 bridgehead atoms. The van der Waals surface area contributed by atoms with E-state index in [-0.39, 0.29) is 0 Å². The van der Waals surface area contributed by atoms with Crippen LogP contribution in [0, 0.1) is 11.8 Å². The number of alkyl halides is 1. The van der Waals surface area contributed by atoms with Gasteiger partial charge in [0.05, 0.1) is 0 Å². The van der Waals surface area contributed by atoms with Crippen molar-refractivity contribution in [1.29, 1.82) is 0 Å². The Kier molecular flexibility index (Phi) is 5.12. The van der Waals surface area contributed by atoms with E-state index in [1.165, 1.54) is 38.8 Å². The van der Waals surface area contributed by atoms with Crippen LogP contribution in [0.25, 0.3) is 0 Å². The molecular formula is C11H22ClN. The van der Waals surface area contributed by atoms with Crippen LogP contribution in [-0.2, 0) is 0 Å². The zero-order chi connectivity index (χ0) is 9.68. The minimum absolute atomic E-state index is 0.791. The summed E-state index contributed by atoms with van der Waals surface area (Å²) in [7, 11) is 2.24. The molecule has 1 atom stereocenters. The highest BCUT2D eigenvalue weighted by atomic mass is 35.5. The van der Waals surface area contributed by atoms with E-state index in [2.05, 4.69) is 18.9 Å². The highest BCUT2D eigenvalue weighted by molar-refractivity contribution is 6.17. The summed E-state index contributed by atoms with van der Waals surface area (Å²) in [6.45, 7) is 4.86. The molecule has 0 heterocycles.